The SMILES string of the molecule is N[C@@H](C[13c]1[13cH][13cH][13cH][13cH][13cH]1)C(=O)O. The molecule has 1 aromatic rings. The van der Waals surface area contributed by atoms with Gasteiger partial charge in [-0.15, -0.1) is 0 Å². The molecule has 64 valence electrons. The van der Waals surface area contributed by atoms with Gasteiger partial charge in [-0.25, -0.2) is 0 Å². The first-order valence-corrected chi connectivity index (χ1v) is 3.72. The molecule has 1 rings (SSSR count). The third-order valence-electron chi connectivity index (χ3n) is 1.62. The standard InChI is InChI=1S/C9H11NO2/c10-8(9(11)12)6-7-4-2-1-3-5-7/h1-5,8H,6,10H2,(H,11,12)/t8-/m0/s1/i1+1,2+1,3+1,4+1,5+1,7+1. The van der Waals surface area contributed by atoms with Crippen LogP contribution in [0.4, 0.5) is 0 Å². The van der Waals surface area contributed by atoms with Crippen molar-refractivity contribution in [1.29, 1.82) is 0 Å². The highest BCUT2D eigenvalue weighted by molar-refractivity contribution is 5.73. The van der Waals surface area contributed by atoms with Crippen LogP contribution in [0.1, 0.15) is 5.56 Å². The highest BCUT2D eigenvalue weighted by Gasteiger charge is 2.10. The van der Waals surface area contributed by atoms with Gasteiger partial charge in [-0.05, 0) is 12.0 Å². The molecular formula is C9H11NO2. The van der Waals surface area contributed by atoms with Crippen LogP contribution in [-0.2, 0) is 11.2 Å². The highest BCUT2D eigenvalue weighted by Crippen LogP contribution is 2.01. The number of rotatable bonds is 3. The molecule has 0 unspecified atom stereocenters. The van der Waals surface area contributed by atoms with E-state index in [1.54, 1.807) is 0 Å². The van der Waals surface area contributed by atoms with Crippen molar-refractivity contribution in [3.63, 3.8) is 0 Å². The number of hydrogen-bond donors (Lipinski definition) is 2. The quantitative estimate of drug-likeness (QED) is 0.701. The number of carboxylic acids is 1. The minimum atomic E-state index is -0.959. The molecule has 0 heterocycles. The van der Waals surface area contributed by atoms with E-state index in [2.05, 4.69) is 0 Å². The van der Waals surface area contributed by atoms with Gasteiger partial charge in [0.15, 0.2) is 0 Å². The van der Waals surface area contributed by atoms with Crippen molar-refractivity contribution < 1.29 is 9.90 Å². The number of hydrogen-bond acceptors (Lipinski definition) is 2. The molecule has 3 heteroatoms. The third-order valence-corrected chi connectivity index (χ3v) is 1.62. The summed E-state index contributed by atoms with van der Waals surface area (Å²) in [5.41, 5.74) is 6.30. The molecule has 0 radical (unpaired) electrons. The van der Waals surface area contributed by atoms with E-state index in [1.165, 1.54) is 0 Å². The first-order valence-electron chi connectivity index (χ1n) is 3.72. The minimum absolute atomic E-state index is 0.385. The summed E-state index contributed by atoms with van der Waals surface area (Å²) in [7, 11) is 0. The van der Waals surface area contributed by atoms with E-state index in [1.807, 2.05) is 30.3 Å². The maximum Gasteiger partial charge on any atom is 0.320 e. The number of carboxylic acid groups (broad SMARTS) is 1. The van der Waals surface area contributed by atoms with Gasteiger partial charge < -0.3 is 10.8 Å². The first-order chi connectivity index (χ1) is 5.70. The summed E-state index contributed by atoms with van der Waals surface area (Å²) in [5.74, 6) is -0.959. The Bertz CT molecular complexity index is 258. The Balaban J connectivity index is 2.58. The largest absolute Gasteiger partial charge is 0.480 e. The van der Waals surface area contributed by atoms with Crippen LogP contribution in [0.5, 0.6) is 0 Å². The minimum Gasteiger partial charge on any atom is -0.480 e. The van der Waals surface area contributed by atoms with Gasteiger partial charge in [0.1, 0.15) is 6.04 Å². The van der Waals surface area contributed by atoms with Gasteiger partial charge in [0.05, 0.1) is 0 Å². The van der Waals surface area contributed by atoms with E-state index in [9.17, 15) is 4.79 Å². The molecule has 0 aliphatic rings. The summed E-state index contributed by atoms with van der Waals surface area (Å²) in [6.45, 7) is 0. The lowest BCUT2D eigenvalue weighted by Gasteiger charge is -2.04. The monoisotopic (exact) mass is 171 g/mol. The molecule has 0 saturated carbocycles. The zero-order valence-electron chi connectivity index (χ0n) is 6.60. The Morgan fingerprint density at radius 3 is 2.50 bits per heavy atom. The second kappa shape index (κ2) is 3.88. The molecule has 3 nitrogen and oxygen atoms in total. The van der Waals surface area contributed by atoms with Crippen LogP contribution in [0.3, 0.4) is 0 Å². The fourth-order valence-electron chi connectivity index (χ4n) is 0.955. The molecular weight excluding hydrogens is 160 g/mol. The predicted octanol–water partition coefficient (Wildman–Crippen LogP) is 0.641. The number of carbonyl (C=O) groups is 1. The summed E-state index contributed by atoms with van der Waals surface area (Å²) in [5, 5.41) is 8.52. The van der Waals surface area contributed by atoms with Gasteiger partial charge >= 0.3 is 5.97 Å². The average molecular weight is 171 g/mol. The summed E-state index contributed by atoms with van der Waals surface area (Å²) >= 11 is 0. The lowest BCUT2D eigenvalue weighted by atomic mass is 10.3. The lowest BCUT2D eigenvalue weighted by Crippen LogP contribution is -2.32. The van der Waals surface area contributed by atoms with Crippen LogP contribution >= 0.6 is 0 Å². The Labute approximate surface area is 70.8 Å². The van der Waals surface area contributed by atoms with Crippen molar-refractivity contribution in [2.45, 2.75) is 12.5 Å². The zero-order valence-corrected chi connectivity index (χ0v) is 6.60. The molecule has 0 aliphatic heterocycles. The predicted molar refractivity (Wildman–Crippen MR) is 45.8 cm³/mol. The van der Waals surface area contributed by atoms with Crippen molar-refractivity contribution in [3.8, 4) is 0 Å². The molecule has 0 amide bonds. The van der Waals surface area contributed by atoms with Crippen molar-refractivity contribution in [2.75, 3.05) is 0 Å². The van der Waals surface area contributed by atoms with Crippen LogP contribution < -0.4 is 5.73 Å². The smallest absolute Gasteiger partial charge is 0.320 e. The summed E-state index contributed by atoms with van der Waals surface area (Å²) in [4.78, 5) is 10.4. The number of aliphatic carboxylic acids is 1. The molecule has 1 atom stereocenters. The topological polar surface area (TPSA) is 63.3 Å². The highest BCUT2D eigenvalue weighted by atomic mass is 16.4. The maximum absolute atomic E-state index is 10.4. The normalized spacial score (nSPS) is 12.4. The Kier molecular flexibility index (Phi) is 2.82. The van der Waals surface area contributed by atoms with Crippen LogP contribution in [0.25, 0.3) is 0 Å². The van der Waals surface area contributed by atoms with Crippen LogP contribution in [0.2, 0.25) is 0 Å². The van der Waals surface area contributed by atoms with Gasteiger partial charge in [0.2, 0.25) is 0 Å². The lowest BCUT2D eigenvalue weighted by molar-refractivity contribution is -0.138. The van der Waals surface area contributed by atoms with Crippen molar-refractivity contribution in [3.05, 3.63) is 35.9 Å². The molecule has 0 bridgehead atoms. The molecule has 0 spiro atoms. The third kappa shape index (κ3) is 2.36. The summed E-state index contributed by atoms with van der Waals surface area (Å²) in [6, 6.07) is 8.54. The zero-order chi connectivity index (χ0) is 8.97. The van der Waals surface area contributed by atoms with E-state index in [0.29, 0.717) is 6.42 Å². The Morgan fingerprint density at radius 2 is 2.00 bits per heavy atom. The first kappa shape index (κ1) is 8.74. The fourth-order valence-corrected chi connectivity index (χ4v) is 0.955. The second-order valence-corrected chi connectivity index (χ2v) is 2.63. The van der Waals surface area contributed by atoms with Crippen LogP contribution in [-0.4, -0.2) is 17.1 Å². The number of nitrogens with two attached hydrogens (primary N) is 1. The molecule has 0 aliphatic carbocycles. The van der Waals surface area contributed by atoms with Gasteiger partial charge in [-0.1, -0.05) is 30.3 Å². The molecule has 12 heavy (non-hydrogen) atoms. The van der Waals surface area contributed by atoms with E-state index in [-0.39, 0.29) is 0 Å². The number of benzene rings is 1. The molecule has 1 aromatic carbocycles. The maximum atomic E-state index is 10.4. The fraction of sp³-hybridized carbons (Fsp3) is 0.222. The molecule has 0 fully saturated rings. The second-order valence-electron chi connectivity index (χ2n) is 2.63. The molecule has 0 saturated heterocycles. The van der Waals surface area contributed by atoms with E-state index in [0.717, 1.165) is 5.56 Å². The van der Waals surface area contributed by atoms with Crippen LogP contribution in [0, 0.1) is 0 Å². The Hall–Kier alpha value is -1.35. The Morgan fingerprint density at radius 1 is 1.42 bits per heavy atom. The molecule has 0 aromatic heterocycles. The van der Waals surface area contributed by atoms with Gasteiger partial charge in [-0.2, -0.15) is 0 Å². The van der Waals surface area contributed by atoms with Gasteiger partial charge in [0, 0.05) is 0 Å². The van der Waals surface area contributed by atoms with E-state index < -0.39 is 12.0 Å². The van der Waals surface area contributed by atoms with Crippen molar-refractivity contribution in [2.24, 2.45) is 5.73 Å². The average Bonchev–Trinajstić information content (AvgIpc) is 2.06. The van der Waals surface area contributed by atoms with Crippen molar-refractivity contribution >= 4 is 5.97 Å². The van der Waals surface area contributed by atoms with Gasteiger partial charge in [-0.3, -0.25) is 4.79 Å². The van der Waals surface area contributed by atoms with E-state index >= 15 is 0 Å². The molecule has 3 N–H and O–H groups in total. The van der Waals surface area contributed by atoms with Crippen molar-refractivity contribution in [1.82, 2.24) is 0 Å². The summed E-state index contributed by atoms with van der Waals surface area (Å²) < 4.78 is 0. The van der Waals surface area contributed by atoms with Crippen LogP contribution in [0.15, 0.2) is 30.3 Å². The van der Waals surface area contributed by atoms with E-state index in [4.69, 9.17) is 10.8 Å². The van der Waals surface area contributed by atoms with Gasteiger partial charge in [0.25, 0.3) is 0 Å². The summed E-state index contributed by atoms with van der Waals surface area (Å²) in [6.07, 6.45) is 0.385.